The van der Waals surface area contributed by atoms with Gasteiger partial charge in [-0.15, -0.1) is 0 Å². The number of piperazine rings is 1. The van der Waals surface area contributed by atoms with E-state index in [0.717, 1.165) is 65.6 Å². The van der Waals surface area contributed by atoms with Gasteiger partial charge in [0, 0.05) is 52.4 Å². The molecule has 0 atom stereocenters. The van der Waals surface area contributed by atoms with Gasteiger partial charge in [0.15, 0.2) is 0 Å². The lowest BCUT2D eigenvalue weighted by Crippen LogP contribution is -2.51. The van der Waals surface area contributed by atoms with E-state index in [-0.39, 0.29) is 6.09 Å². The highest BCUT2D eigenvalue weighted by atomic mass is 16.6. The Morgan fingerprint density at radius 1 is 1.00 bits per heavy atom. The second kappa shape index (κ2) is 8.56. The summed E-state index contributed by atoms with van der Waals surface area (Å²) in [5.41, 5.74) is 0. The summed E-state index contributed by atoms with van der Waals surface area (Å²) < 4.78 is 10.6. The summed E-state index contributed by atoms with van der Waals surface area (Å²) >= 11 is 0. The molecule has 0 bridgehead atoms. The van der Waals surface area contributed by atoms with Gasteiger partial charge in [-0.2, -0.15) is 0 Å². The molecule has 6 heteroatoms. The first-order chi connectivity index (χ1) is 10.1. The second-order valence-corrected chi connectivity index (χ2v) is 6.25. The van der Waals surface area contributed by atoms with Crippen LogP contribution in [0.4, 0.5) is 4.79 Å². The molecular weight excluding hydrogens is 270 g/mol. The minimum atomic E-state index is -0.156. The molecular formula is C15H29N3O3. The van der Waals surface area contributed by atoms with Crippen LogP contribution in [0.2, 0.25) is 0 Å². The summed E-state index contributed by atoms with van der Waals surface area (Å²) in [4.78, 5) is 18.6. The van der Waals surface area contributed by atoms with Crippen LogP contribution in [0.15, 0.2) is 0 Å². The molecule has 0 spiro atoms. The Labute approximate surface area is 128 Å². The van der Waals surface area contributed by atoms with E-state index in [1.807, 2.05) is 4.90 Å². The summed E-state index contributed by atoms with van der Waals surface area (Å²) in [5, 5.41) is 0. The molecule has 2 aliphatic heterocycles. The second-order valence-electron chi connectivity index (χ2n) is 6.25. The molecule has 0 aromatic heterocycles. The van der Waals surface area contributed by atoms with Gasteiger partial charge < -0.3 is 14.4 Å². The average Bonchev–Trinajstić information content (AvgIpc) is 2.52. The third kappa shape index (κ3) is 5.80. The van der Waals surface area contributed by atoms with Crippen LogP contribution >= 0.6 is 0 Å². The van der Waals surface area contributed by atoms with Crippen LogP contribution in [0.5, 0.6) is 0 Å². The number of rotatable bonds is 5. The van der Waals surface area contributed by atoms with Gasteiger partial charge >= 0.3 is 6.09 Å². The monoisotopic (exact) mass is 299 g/mol. The third-order valence-electron chi connectivity index (χ3n) is 4.01. The van der Waals surface area contributed by atoms with Gasteiger partial charge in [0.2, 0.25) is 0 Å². The van der Waals surface area contributed by atoms with Crippen LogP contribution in [0.3, 0.4) is 0 Å². The largest absolute Gasteiger partial charge is 0.449 e. The van der Waals surface area contributed by atoms with Crippen molar-refractivity contribution in [2.45, 2.75) is 13.8 Å². The zero-order valence-corrected chi connectivity index (χ0v) is 13.4. The number of hydrogen-bond donors (Lipinski definition) is 0. The normalized spacial score (nSPS) is 21.8. The highest BCUT2D eigenvalue weighted by Crippen LogP contribution is 2.06. The van der Waals surface area contributed by atoms with Crippen molar-refractivity contribution < 1.29 is 14.3 Å². The predicted molar refractivity (Wildman–Crippen MR) is 81.5 cm³/mol. The van der Waals surface area contributed by atoms with Crippen molar-refractivity contribution in [2.75, 3.05) is 72.2 Å². The van der Waals surface area contributed by atoms with Gasteiger partial charge in [0.25, 0.3) is 0 Å². The van der Waals surface area contributed by atoms with Gasteiger partial charge in [-0.1, -0.05) is 13.8 Å². The minimum absolute atomic E-state index is 0.156. The molecule has 2 heterocycles. The number of hydrogen-bond acceptors (Lipinski definition) is 5. The van der Waals surface area contributed by atoms with Crippen LogP contribution in [-0.2, 0) is 9.47 Å². The molecule has 0 aliphatic carbocycles. The first-order valence-corrected chi connectivity index (χ1v) is 8.09. The van der Waals surface area contributed by atoms with E-state index in [1.165, 1.54) is 0 Å². The Bertz CT molecular complexity index is 311. The Morgan fingerprint density at radius 3 is 2.14 bits per heavy atom. The van der Waals surface area contributed by atoms with E-state index < -0.39 is 0 Å². The zero-order chi connectivity index (χ0) is 15.1. The van der Waals surface area contributed by atoms with E-state index in [9.17, 15) is 4.79 Å². The van der Waals surface area contributed by atoms with E-state index in [0.29, 0.717) is 12.5 Å². The van der Waals surface area contributed by atoms with Crippen molar-refractivity contribution in [3.05, 3.63) is 0 Å². The Kier molecular flexibility index (Phi) is 6.73. The van der Waals surface area contributed by atoms with Crippen LogP contribution in [-0.4, -0.2) is 93.0 Å². The van der Waals surface area contributed by atoms with Crippen LogP contribution in [0.25, 0.3) is 0 Å². The number of carbonyl (C=O) groups excluding carboxylic acids is 1. The molecule has 122 valence electrons. The number of carbonyl (C=O) groups is 1. The van der Waals surface area contributed by atoms with E-state index in [4.69, 9.17) is 9.47 Å². The molecule has 0 aromatic carbocycles. The standard InChI is InChI=1S/C15H29N3O3/c1-14(2)13-21-15(19)18-7-5-16(6-8-18)3-4-17-9-11-20-12-10-17/h14H,3-13H2,1-2H3. The Morgan fingerprint density at radius 2 is 1.57 bits per heavy atom. The average molecular weight is 299 g/mol. The molecule has 21 heavy (non-hydrogen) atoms. The van der Waals surface area contributed by atoms with E-state index in [2.05, 4.69) is 23.6 Å². The maximum absolute atomic E-state index is 11.9. The predicted octanol–water partition coefficient (Wildman–Crippen LogP) is 0.729. The van der Waals surface area contributed by atoms with Crippen molar-refractivity contribution >= 4 is 6.09 Å². The summed E-state index contributed by atoms with van der Waals surface area (Å²) in [7, 11) is 0. The molecule has 0 unspecified atom stereocenters. The van der Waals surface area contributed by atoms with Gasteiger partial charge in [0.1, 0.15) is 0 Å². The molecule has 2 rings (SSSR count). The fraction of sp³-hybridized carbons (Fsp3) is 0.933. The van der Waals surface area contributed by atoms with Gasteiger partial charge in [-0.3, -0.25) is 9.80 Å². The lowest BCUT2D eigenvalue weighted by Gasteiger charge is -2.36. The van der Waals surface area contributed by atoms with Crippen molar-refractivity contribution in [3.63, 3.8) is 0 Å². The zero-order valence-electron chi connectivity index (χ0n) is 13.4. The number of amides is 1. The maximum atomic E-state index is 11.9. The summed E-state index contributed by atoms with van der Waals surface area (Å²) in [6.07, 6.45) is -0.156. The highest BCUT2D eigenvalue weighted by molar-refractivity contribution is 5.67. The van der Waals surface area contributed by atoms with Crippen molar-refractivity contribution in [3.8, 4) is 0 Å². The number of morpholine rings is 1. The summed E-state index contributed by atoms with van der Waals surface area (Å²) in [6.45, 7) is 14.0. The molecule has 6 nitrogen and oxygen atoms in total. The molecule has 2 aliphatic rings. The maximum Gasteiger partial charge on any atom is 0.409 e. The lowest BCUT2D eigenvalue weighted by molar-refractivity contribution is 0.0285. The number of ether oxygens (including phenoxy) is 2. The minimum Gasteiger partial charge on any atom is -0.449 e. The van der Waals surface area contributed by atoms with E-state index >= 15 is 0 Å². The topological polar surface area (TPSA) is 45.2 Å². The smallest absolute Gasteiger partial charge is 0.409 e. The lowest BCUT2D eigenvalue weighted by atomic mass is 10.2. The van der Waals surface area contributed by atoms with Crippen molar-refractivity contribution in [2.24, 2.45) is 5.92 Å². The molecule has 0 N–H and O–H groups in total. The fourth-order valence-electron chi connectivity index (χ4n) is 2.59. The van der Waals surface area contributed by atoms with Crippen LogP contribution in [0.1, 0.15) is 13.8 Å². The first kappa shape index (κ1) is 16.5. The molecule has 2 fully saturated rings. The molecule has 0 aromatic rings. The van der Waals surface area contributed by atoms with Gasteiger partial charge in [0.05, 0.1) is 19.8 Å². The summed E-state index contributed by atoms with van der Waals surface area (Å²) in [6, 6.07) is 0. The first-order valence-electron chi connectivity index (χ1n) is 8.09. The SMILES string of the molecule is CC(C)COC(=O)N1CCN(CCN2CCOCC2)CC1. The Balaban J connectivity index is 1.60. The molecule has 2 saturated heterocycles. The van der Waals surface area contributed by atoms with Crippen molar-refractivity contribution in [1.29, 1.82) is 0 Å². The van der Waals surface area contributed by atoms with Crippen molar-refractivity contribution in [1.82, 2.24) is 14.7 Å². The number of nitrogens with zero attached hydrogens (tertiary/aromatic N) is 3. The van der Waals surface area contributed by atoms with Gasteiger partial charge in [-0.25, -0.2) is 4.79 Å². The van der Waals surface area contributed by atoms with Crippen LogP contribution in [0, 0.1) is 5.92 Å². The summed E-state index contributed by atoms with van der Waals surface area (Å²) in [5.74, 6) is 0.392. The molecule has 0 radical (unpaired) electrons. The Hall–Kier alpha value is -0.850. The third-order valence-corrected chi connectivity index (χ3v) is 4.01. The fourth-order valence-corrected chi connectivity index (χ4v) is 2.59. The van der Waals surface area contributed by atoms with Crippen LogP contribution < -0.4 is 0 Å². The van der Waals surface area contributed by atoms with E-state index in [1.54, 1.807) is 0 Å². The quantitative estimate of drug-likeness (QED) is 0.749. The molecule has 1 amide bonds. The highest BCUT2D eigenvalue weighted by Gasteiger charge is 2.22. The van der Waals surface area contributed by atoms with Gasteiger partial charge in [-0.05, 0) is 5.92 Å². The molecule has 0 saturated carbocycles.